The fraction of sp³-hybridized carbons (Fsp3) is 0.227. The average Bonchev–Trinajstić information content (AvgIpc) is 3.11. The Bertz CT molecular complexity index is 861. The first-order valence-corrected chi connectivity index (χ1v) is 8.71. The molecule has 0 fully saturated rings. The smallest absolute Gasteiger partial charge is 0.291 e. The molecule has 3 aromatic rings. The highest BCUT2D eigenvalue weighted by Gasteiger charge is 2.12. The number of ether oxygens (including phenoxy) is 1. The minimum atomic E-state index is -0.274. The largest absolute Gasteiger partial charge is 0.486 e. The van der Waals surface area contributed by atoms with Crippen molar-refractivity contribution in [1.29, 1.82) is 0 Å². The Morgan fingerprint density at radius 1 is 1.00 bits per heavy atom. The van der Waals surface area contributed by atoms with Crippen LogP contribution in [-0.4, -0.2) is 5.91 Å². The number of benzene rings is 2. The van der Waals surface area contributed by atoms with Gasteiger partial charge in [-0.3, -0.25) is 4.79 Å². The van der Waals surface area contributed by atoms with E-state index in [1.807, 2.05) is 55.5 Å². The number of furan rings is 1. The molecule has 1 amide bonds. The summed E-state index contributed by atoms with van der Waals surface area (Å²) in [7, 11) is 0. The first-order chi connectivity index (χ1) is 12.5. The maximum atomic E-state index is 12.3. The van der Waals surface area contributed by atoms with Crippen LogP contribution in [0.1, 0.15) is 47.2 Å². The standard InChI is InChI=1S/C22H23NO3/c1-15(2)17-6-8-18(9-7-17)23-22(24)21-13-12-20(26-21)14-25-19-10-4-16(3)5-11-19/h4-13,15H,14H2,1-3H3,(H,23,24). The number of hydrogen-bond donors (Lipinski definition) is 1. The van der Waals surface area contributed by atoms with Crippen molar-refractivity contribution in [2.45, 2.75) is 33.3 Å². The van der Waals surface area contributed by atoms with Crippen molar-refractivity contribution in [2.24, 2.45) is 0 Å². The molecule has 0 saturated heterocycles. The Kier molecular flexibility index (Phi) is 5.42. The van der Waals surface area contributed by atoms with E-state index in [-0.39, 0.29) is 18.3 Å². The molecule has 0 atom stereocenters. The van der Waals surface area contributed by atoms with Crippen LogP contribution in [0, 0.1) is 6.92 Å². The molecule has 1 heterocycles. The minimum Gasteiger partial charge on any atom is -0.486 e. The first kappa shape index (κ1) is 17.8. The Hall–Kier alpha value is -3.01. The van der Waals surface area contributed by atoms with Gasteiger partial charge in [0.1, 0.15) is 18.1 Å². The number of hydrogen-bond acceptors (Lipinski definition) is 3. The molecule has 0 radical (unpaired) electrons. The van der Waals surface area contributed by atoms with E-state index >= 15 is 0 Å². The average molecular weight is 349 g/mol. The molecule has 26 heavy (non-hydrogen) atoms. The predicted molar refractivity (Wildman–Crippen MR) is 103 cm³/mol. The third kappa shape index (κ3) is 4.54. The van der Waals surface area contributed by atoms with Gasteiger partial charge in [-0.15, -0.1) is 0 Å². The number of anilines is 1. The van der Waals surface area contributed by atoms with Crippen molar-refractivity contribution in [3.63, 3.8) is 0 Å². The molecular weight excluding hydrogens is 326 g/mol. The quantitative estimate of drug-likeness (QED) is 0.635. The van der Waals surface area contributed by atoms with Gasteiger partial charge in [0.15, 0.2) is 5.76 Å². The maximum Gasteiger partial charge on any atom is 0.291 e. The number of amides is 1. The van der Waals surface area contributed by atoms with Crippen molar-refractivity contribution in [2.75, 3.05) is 5.32 Å². The molecule has 0 spiro atoms. The molecule has 0 unspecified atom stereocenters. The summed E-state index contributed by atoms with van der Waals surface area (Å²) in [6, 6.07) is 19.0. The van der Waals surface area contributed by atoms with Crippen molar-refractivity contribution in [3.8, 4) is 5.75 Å². The third-order valence-corrected chi connectivity index (χ3v) is 4.12. The fourth-order valence-corrected chi connectivity index (χ4v) is 2.51. The molecule has 0 aliphatic carbocycles. The lowest BCUT2D eigenvalue weighted by Crippen LogP contribution is -2.10. The monoisotopic (exact) mass is 349 g/mol. The van der Waals surface area contributed by atoms with E-state index < -0.39 is 0 Å². The van der Waals surface area contributed by atoms with Crippen LogP contribution in [0.2, 0.25) is 0 Å². The molecule has 0 aliphatic rings. The highest BCUT2D eigenvalue weighted by Crippen LogP contribution is 2.19. The van der Waals surface area contributed by atoms with Gasteiger partial charge in [-0.2, -0.15) is 0 Å². The van der Waals surface area contributed by atoms with E-state index in [9.17, 15) is 4.79 Å². The zero-order chi connectivity index (χ0) is 18.5. The predicted octanol–water partition coefficient (Wildman–Crippen LogP) is 5.54. The zero-order valence-corrected chi connectivity index (χ0v) is 15.3. The number of nitrogens with one attached hydrogen (secondary N) is 1. The highest BCUT2D eigenvalue weighted by atomic mass is 16.5. The second kappa shape index (κ2) is 7.91. The van der Waals surface area contributed by atoms with Gasteiger partial charge in [0.2, 0.25) is 0 Å². The number of rotatable bonds is 6. The molecule has 3 rings (SSSR count). The van der Waals surface area contributed by atoms with Gasteiger partial charge < -0.3 is 14.5 Å². The summed E-state index contributed by atoms with van der Waals surface area (Å²) in [5.41, 5.74) is 3.15. The lowest BCUT2D eigenvalue weighted by molar-refractivity contribution is 0.0992. The molecule has 4 nitrogen and oxygen atoms in total. The lowest BCUT2D eigenvalue weighted by atomic mass is 10.0. The van der Waals surface area contributed by atoms with Crippen LogP contribution in [0.4, 0.5) is 5.69 Å². The van der Waals surface area contributed by atoms with Gasteiger partial charge >= 0.3 is 0 Å². The summed E-state index contributed by atoms with van der Waals surface area (Å²) in [6.45, 7) is 6.57. The van der Waals surface area contributed by atoms with Gasteiger partial charge in [0.25, 0.3) is 5.91 Å². The van der Waals surface area contributed by atoms with Crippen LogP contribution < -0.4 is 10.1 Å². The van der Waals surface area contributed by atoms with Gasteiger partial charge in [-0.05, 0) is 54.8 Å². The van der Waals surface area contributed by atoms with E-state index in [1.165, 1.54) is 11.1 Å². The van der Waals surface area contributed by atoms with E-state index in [1.54, 1.807) is 12.1 Å². The van der Waals surface area contributed by atoms with Crippen LogP contribution in [0.3, 0.4) is 0 Å². The summed E-state index contributed by atoms with van der Waals surface area (Å²) < 4.78 is 11.3. The van der Waals surface area contributed by atoms with Crippen molar-refractivity contribution in [3.05, 3.63) is 83.3 Å². The van der Waals surface area contributed by atoms with Gasteiger partial charge in [-0.25, -0.2) is 0 Å². The summed E-state index contributed by atoms with van der Waals surface area (Å²) in [4.78, 5) is 12.3. The van der Waals surface area contributed by atoms with E-state index in [0.29, 0.717) is 11.7 Å². The summed E-state index contributed by atoms with van der Waals surface area (Å²) in [6.07, 6.45) is 0. The topological polar surface area (TPSA) is 51.5 Å². The van der Waals surface area contributed by atoms with Crippen LogP contribution in [0.15, 0.2) is 65.1 Å². The highest BCUT2D eigenvalue weighted by molar-refractivity contribution is 6.02. The van der Waals surface area contributed by atoms with Crippen LogP contribution >= 0.6 is 0 Å². The van der Waals surface area contributed by atoms with Crippen LogP contribution in [-0.2, 0) is 6.61 Å². The normalized spacial score (nSPS) is 10.8. The zero-order valence-electron chi connectivity index (χ0n) is 15.3. The second-order valence-electron chi connectivity index (χ2n) is 6.60. The number of carbonyl (C=O) groups is 1. The lowest BCUT2D eigenvalue weighted by Gasteiger charge is -2.07. The van der Waals surface area contributed by atoms with Gasteiger partial charge in [0.05, 0.1) is 0 Å². The van der Waals surface area contributed by atoms with Crippen molar-refractivity contribution < 1.29 is 13.9 Å². The number of carbonyl (C=O) groups excluding carboxylic acids is 1. The molecule has 134 valence electrons. The van der Waals surface area contributed by atoms with Gasteiger partial charge in [-0.1, -0.05) is 43.7 Å². The molecule has 1 aromatic heterocycles. The SMILES string of the molecule is Cc1ccc(OCc2ccc(C(=O)Nc3ccc(C(C)C)cc3)o2)cc1. The Balaban J connectivity index is 1.58. The van der Waals surface area contributed by atoms with Crippen LogP contribution in [0.5, 0.6) is 5.75 Å². The minimum absolute atomic E-state index is 0.264. The summed E-state index contributed by atoms with van der Waals surface area (Å²) in [5, 5.41) is 2.84. The Morgan fingerprint density at radius 2 is 1.69 bits per heavy atom. The van der Waals surface area contributed by atoms with E-state index in [0.717, 1.165) is 11.4 Å². The molecule has 0 bridgehead atoms. The first-order valence-electron chi connectivity index (χ1n) is 8.71. The van der Waals surface area contributed by atoms with Crippen molar-refractivity contribution in [1.82, 2.24) is 0 Å². The third-order valence-electron chi connectivity index (χ3n) is 4.12. The molecule has 1 N–H and O–H groups in total. The molecule has 0 aliphatic heterocycles. The molecule has 0 saturated carbocycles. The Morgan fingerprint density at radius 3 is 2.35 bits per heavy atom. The maximum absolute atomic E-state index is 12.3. The van der Waals surface area contributed by atoms with Gasteiger partial charge in [0, 0.05) is 5.69 Å². The Labute approximate surface area is 153 Å². The van der Waals surface area contributed by atoms with E-state index in [4.69, 9.17) is 9.15 Å². The molecule has 2 aromatic carbocycles. The second-order valence-corrected chi connectivity index (χ2v) is 6.60. The fourth-order valence-electron chi connectivity index (χ4n) is 2.51. The van der Waals surface area contributed by atoms with E-state index in [2.05, 4.69) is 19.2 Å². The van der Waals surface area contributed by atoms with Crippen LogP contribution in [0.25, 0.3) is 0 Å². The summed E-state index contributed by atoms with van der Waals surface area (Å²) >= 11 is 0. The molecule has 4 heteroatoms. The van der Waals surface area contributed by atoms with Crippen molar-refractivity contribution >= 4 is 11.6 Å². The number of aryl methyl sites for hydroxylation is 1. The summed E-state index contributed by atoms with van der Waals surface area (Å²) in [5.74, 6) is 1.82. The molecular formula is C22H23NO3.